The number of phosphoric acid groups is 1. The highest BCUT2D eigenvalue weighted by molar-refractivity contribution is 7.46. The number of rotatable bonds is 17. The third kappa shape index (κ3) is 10.6. The van der Waals surface area contributed by atoms with Crippen LogP contribution in [0.15, 0.2) is 110 Å². The number of alkyl halides is 6. The third-order valence-electron chi connectivity index (χ3n) is 11.7. The predicted molar refractivity (Wildman–Crippen MR) is 230 cm³/mol. The standard InChI is InChI=1S/C44H45F6N4O15P/c1-24-20-53(39(57)51-37(24)55)35-18-31(33(66-35)22-64-41(26-8-6-5-7-9-26,27-10-14-29(62-3)15-11-27)28-12-16-30(63-4)17-13-28)68-42(43(45,46)47,44(48,49)50)65-23-34-32(69-70(59,60)61)19-36(67-34)54-21-25(2)38(56)52-40(54)58/h5-17,20-21,31-36H,18-19,22-23H2,1-4H3,(H,51,55,57)(H,52,56,58)(H2,59,60,61)/t31-,32-,33+,34+,35+,36+/m0/s1. The SMILES string of the molecule is COc1ccc(C(OC[C@H]2O[C@@H](n3cc(C)c(=O)[nH]c3=O)C[C@@H]2OC(OC[C@H]2O[C@@H](n3cc(C)c(=O)[nH]c3=O)C[C@@H]2OP(=O)(O)O)(C(F)(F)F)C(F)(F)F)(c2ccccc2)c2ccc(OC)cc2)cc1. The van der Waals surface area contributed by atoms with Crippen molar-refractivity contribution in [2.24, 2.45) is 0 Å². The topological polar surface area (TPSA) is 241 Å². The van der Waals surface area contributed by atoms with E-state index in [1.807, 2.05) is 9.97 Å². The van der Waals surface area contributed by atoms with Crippen LogP contribution in [-0.4, -0.2) is 98.9 Å². The van der Waals surface area contributed by atoms with Gasteiger partial charge in [-0.15, -0.1) is 0 Å². The molecule has 4 heterocycles. The highest BCUT2D eigenvalue weighted by Gasteiger charge is 2.76. The molecule has 2 aliphatic heterocycles. The summed E-state index contributed by atoms with van der Waals surface area (Å²) in [5.41, 5.74) is -4.62. The number of methoxy groups -OCH3 is 2. The molecule has 0 saturated carbocycles. The predicted octanol–water partition coefficient (Wildman–Crippen LogP) is 5.01. The number of aryl methyl sites for hydroxylation is 2. The molecule has 0 radical (unpaired) electrons. The van der Waals surface area contributed by atoms with E-state index in [-0.39, 0.29) is 11.1 Å². The number of ether oxygens (including phenoxy) is 7. The summed E-state index contributed by atoms with van der Waals surface area (Å²) in [7, 11) is -2.70. The van der Waals surface area contributed by atoms with Crippen LogP contribution in [-0.2, 0) is 38.4 Å². The van der Waals surface area contributed by atoms with Gasteiger partial charge in [-0.25, -0.2) is 14.2 Å². The lowest BCUT2D eigenvalue weighted by Gasteiger charge is -2.40. The van der Waals surface area contributed by atoms with Crippen molar-refractivity contribution in [2.75, 3.05) is 27.4 Å². The molecule has 0 unspecified atom stereocenters. The Hall–Kier alpha value is -5.89. The molecule has 5 aromatic rings. The maximum absolute atomic E-state index is 15.5. The summed E-state index contributed by atoms with van der Waals surface area (Å²) >= 11 is 0. The molecule has 7 rings (SSSR count). The number of hydrogen-bond donors (Lipinski definition) is 4. The van der Waals surface area contributed by atoms with Gasteiger partial charge < -0.3 is 42.9 Å². The van der Waals surface area contributed by atoms with Crippen LogP contribution in [0.4, 0.5) is 26.3 Å². The minimum absolute atomic E-state index is 0.0769. The minimum Gasteiger partial charge on any atom is -0.497 e. The van der Waals surface area contributed by atoms with Gasteiger partial charge in [-0.3, -0.25) is 33.2 Å². The summed E-state index contributed by atoms with van der Waals surface area (Å²) in [6, 6.07) is 21.3. The number of benzene rings is 3. The minimum atomic E-state index is -6.51. The van der Waals surface area contributed by atoms with Gasteiger partial charge in [0, 0.05) is 36.4 Å². The molecule has 6 atom stereocenters. The molecular formula is C44H45F6N4O15P. The number of halogens is 6. The van der Waals surface area contributed by atoms with Crippen molar-refractivity contribution < 1.29 is 78.4 Å². The normalized spacial score (nSPS) is 21.3. The first-order chi connectivity index (χ1) is 32.9. The number of hydrogen-bond acceptors (Lipinski definition) is 13. The third-order valence-corrected chi connectivity index (χ3v) is 12.2. The fraction of sp³-hybridized carbons (Fsp3) is 0.409. The van der Waals surface area contributed by atoms with Crippen LogP contribution in [0.1, 0.15) is 53.1 Å². The van der Waals surface area contributed by atoms with Gasteiger partial charge in [-0.1, -0.05) is 54.6 Å². The Kier molecular flexibility index (Phi) is 14.9. The summed E-state index contributed by atoms with van der Waals surface area (Å²) in [4.78, 5) is 73.5. The van der Waals surface area contributed by atoms with Crippen LogP contribution in [0, 0.1) is 13.8 Å². The molecule has 0 amide bonds. The van der Waals surface area contributed by atoms with Gasteiger partial charge >= 0.3 is 37.3 Å². The first-order valence-electron chi connectivity index (χ1n) is 21.0. The molecule has 19 nitrogen and oxygen atoms in total. The van der Waals surface area contributed by atoms with Crippen molar-refractivity contribution in [3.05, 3.63) is 161 Å². The number of aromatic amines is 2. The van der Waals surface area contributed by atoms with E-state index in [0.29, 0.717) is 32.8 Å². The van der Waals surface area contributed by atoms with Crippen LogP contribution in [0.2, 0.25) is 0 Å². The zero-order valence-electron chi connectivity index (χ0n) is 37.3. The zero-order chi connectivity index (χ0) is 51.0. The maximum atomic E-state index is 15.5. The van der Waals surface area contributed by atoms with Crippen LogP contribution < -0.4 is 32.0 Å². The lowest BCUT2D eigenvalue weighted by Crippen LogP contribution is -2.63. The van der Waals surface area contributed by atoms with E-state index in [1.165, 1.54) is 28.1 Å². The summed E-state index contributed by atoms with van der Waals surface area (Å²) in [6.45, 7) is -0.109. The average molecular weight is 1010 g/mol. The Labute approximate surface area is 391 Å². The summed E-state index contributed by atoms with van der Waals surface area (Å²) in [5.74, 6) is -4.74. The maximum Gasteiger partial charge on any atom is 0.469 e. The Morgan fingerprint density at radius 2 is 1.06 bits per heavy atom. The number of aromatic nitrogens is 4. The second kappa shape index (κ2) is 20.1. The highest BCUT2D eigenvalue weighted by Crippen LogP contribution is 2.51. The van der Waals surface area contributed by atoms with Gasteiger partial charge in [-0.05, 0) is 54.8 Å². The first kappa shape index (κ1) is 51.9. The van der Waals surface area contributed by atoms with Gasteiger partial charge in [0.1, 0.15) is 47.9 Å². The molecule has 26 heteroatoms. The summed E-state index contributed by atoms with van der Waals surface area (Å²) < 4.78 is 150. The second-order valence-electron chi connectivity index (χ2n) is 16.2. The van der Waals surface area contributed by atoms with Crippen LogP contribution in [0.3, 0.4) is 0 Å². The van der Waals surface area contributed by atoms with Crippen LogP contribution >= 0.6 is 7.82 Å². The first-order valence-corrected chi connectivity index (χ1v) is 22.6. The largest absolute Gasteiger partial charge is 0.497 e. The van der Waals surface area contributed by atoms with Gasteiger partial charge in [0.15, 0.2) is 0 Å². The van der Waals surface area contributed by atoms with Gasteiger partial charge in [-0.2, -0.15) is 26.3 Å². The fourth-order valence-electron chi connectivity index (χ4n) is 8.24. The van der Waals surface area contributed by atoms with Crippen molar-refractivity contribution in [2.45, 2.75) is 87.3 Å². The van der Waals surface area contributed by atoms with E-state index in [9.17, 15) is 33.5 Å². The molecule has 2 fully saturated rings. The van der Waals surface area contributed by atoms with E-state index in [4.69, 9.17) is 37.7 Å². The van der Waals surface area contributed by atoms with E-state index in [1.54, 1.807) is 78.9 Å². The monoisotopic (exact) mass is 1010 g/mol. The van der Waals surface area contributed by atoms with E-state index < -0.39 is 117 Å². The average Bonchev–Trinajstić information content (AvgIpc) is 3.89. The number of H-pyrrole nitrogens is 2. The molecular weight excluding hydrogens is 969 g/mol. The Balaban J connectivity index is 1.31. The molecule has 0 bridgehead atoms. The van der Waals surface area contributed by atoms with Crippen molar-refractivity contribution in [1.82, 2.24) is 19.1 Å². The lowest BCUT2D eigenvalue weighted by molar-refractivity contribution is -0.480. The molecule has 0 spiro atoms. The van der Waals surface area contributed by atoms with E-state index in [0.717, 1.165) is 17.0 Å². The van der Waals surface area contributed by atoms with E-state index in [2.05, 4.69) is 0 Å². The van der Waals surface area contributed by atoms with Gasteiger partial charge in [0.25, 0.3) is 11.1 Å². The fourth-order valence-corrected chi connectivity index (χ4v) is 8.81. The van der Waals surface area contributed by atoms with Gasteiger partial charge in [0.2, 0.25) is 0 Å². The Morgan fingerprint density at radius 3 is 1.49 bits per heavy atom. The van der Waals surface area contributed by atoms with E-state index >= 15 is 26.3 Å². The molecule has 4 N–H and O–H groups in total. The molecule has 70 heavy (non-hydrogen) atoms. The molecule has 0 aliphatic carbocycles. The Morgan fingerprint density at radius 1 is 0.643 bits per heavy atom. The molecule has 2 saturated heterocycles. The van der Waals surface area contributed by atoms with Crippen molar-refractivity contribution >= 4 is 7.82 Å². The summed E-state index contributed by atoms with van der Waals surface area (Å²) in [5, 5.41) is 0. The highest BCUT2D eigenvalue weighted by atomic mass is 31.2. The van der Waals surface area contributed by atoms with Crippen molar-refractivity contribution in [3.8, 4) is 11.5 Å². The second-order valence-corrected chi connectivity index (χ2v) is 17.4. The molecule has 378 valence electrons. The number of nitrogens with one attached hydrogen (secondary N) is 2. The van der Waals surface area contributed by atoms with Crippen molar-refractivity contribution in [1.29, 1.82) is 0 Å². The molecule has 3 aromatic carbocycles. The molecule has 2 aliphatic rings. The number of nitrogens with zero attached hydrogens (tertiary/aromatic N) is 2. The van der Waals surface area contributed by atoms with Crippen molar-refractivity contribution in [3.63, 3.8) is 0 Å². The number of phosphoric ester groups is 1. The van der Waals surface area contributed by atoms with Crippen LogP contribution in [0.5, 0.6) is 11.5 Å². The molecule has 2 aromatic heterocycles. The quantitative estimate of drug-likeness (QED) is 0.0415. The smallest absolute Gasteiger partial charge is 0.469 e. The summed E-state index contributed by atoms with van der Waals surface area (Å²) in [6.07, 6.45) is -24.6. The van der Waals surface area contributed by atoms with Gasteiger partial charge in [0.05, 0.1) is 33.5 Å². The zero-order valence-corrected chi connectivity index (χ0v) is 38.2. The Bertz CT molecular complexity index is 2860. The van der Waals surface area contributed by atoms with Crippen LogP contribution in [0.25, 0.3) is 0 Å². The lowest BCUT2D eigenvalue weighted by atomic mass is 9.80.